The SMILES string of the molecule is O=C(O)c1cn(C2CC2)c2c3c(c(F)cc2c1=O)N1C[C@](O)(COc2ccc(N4C[C@H](COP(=O)(O)O)OC4=O)cc2F)C[C@H]1CO3. The van der Waals surface area contributed by atoms with Gasteiger partial charge in [-0.2, -0.15) is 0 Å². The number of aromatic carboxylic acids is 1. The van der Waals surface area contributed by atoms with Crippen LogP contribution in [0.1, 0.15) is 35.7 Å². The average molecular weight is 680 g/mol. The summed E-state index contributed by atoms with van der Waals surface area (Å²) in [5.41, 5.74) is -2.47. The third-order valence-corrected chi connectivity index (χ3v) is 9.11. The molecule has 4 heterocycles. The molecule has 3 atom stereocenters. The molecule has 15 nitrogen and oxygen atoms in total. The molecule has 1 aliphatic carbocycles. The van der Waals surface area contributed by atoms with Gasteiger partial charge in [0.15, 0.2) is 23.1 Å². The number of anilines is 2. The number of carboxylic acid groups (broad SMARTS) is 1. The van der Waals surface area contributed by atoms with Crippen molar-refractivity contribution in [2.24, 2.45) is 0 Å². The largest absolute Gasteiger partial charge is 0.487 e. The quantitative estimate of drug-likeness (QED) is 0.241. The molecule has 250 valence electrons. The van der Waals surface area contributed by atoms with Gasteiger partial charge in [-0.1, -0.05) is 0 Å². The second-order valence-electron chi connectivity index (χ2n) is 12.1. The van der Waals surface area contributed by atoms with Gasteiger partial charge in [0, 0.05) is 24.7 Å². The van der Waals surface area contributed by atoms with E-state index >= 15 is 8.78 Å². The van der Waals surface area contributed by atoms with E-state index in [9.17, 15) is 29.2 Å². The van der Waals surface area contributed by atoms with Crippen molar-refractivity contribution in [1.29, 1.82) is 0 Å². The van der Waals surface area contributed by atoms with Crippen molar-refractivity contribution in [2.75, 3.05) is 42.7 Å². The molecular weight excluding hydrogens is 651 g/mol. The van der Waals surface area contributed by atoms with Crippen molar-refractivity contribution in [2.45, 2.75) is 43.1 Å². The van der Waals surface area contributed by atoms with E-state index in [0.29, 0.717) is 0 Å². The smallest absolute Gasteiger partial charge is 0.469 e. The van der Waals surface area contributed by atoms with Crippen LogP contribution in [0.15, 0.2) is 35.3 Å². The number of hydrogen-bond donors (Lipinski definition) is 4. The highest BCUT2D eigenvalue weighted by Gasteiger charge is 2.48. The number of phosphoric acid groups is 1. The number of cyclic esters (lactones) is 1. The highest BCUT2D eigenvalue weighted by atomic mass is 31.2. The van der Waals surface area contributed by atoms with Crippen LogP contribution in [0.25, 0.3) is 10.9 Å². The summed E-state index contributed by atoms with van der Waals surface area (Å²) in [5.74, 6) is -3.26. The molecule has 1 aromatic heterocycles. The number of fused-ring (bicyclic) bond motifs is 5. The molecule has 1 saturated carbocycles. The van der Waals surface area contributed by atoms with Crippen LogP contribution in [0.2, 0.25) is 0 Å². The van der Waals surface area contributed by atoms with Gasteiger partial charge in [0.05, 0.1) is 42.3 Å². The number of phosphoric ester groups is 1. The van der Waals surface area contributed by atoms with Crippen molar-refractivity contribution in [3.63, 3.8) is 0 Å². The van der Waals surface area contributed by atoms with Crippen molar-refractivity contribution >= 4 is 42.2 Å². The van der Waals surface area contributed by atoms with Gasteiger partial charge in [0.1, 0.15) is 36.2 Å². The maximum atomic E-state index is 15.7. The molecule has 0 spiro atoms. The van der Waals surface area contributed by atoms with Gasteiger partial charge < -0.3 is 43.7 Å². The van der Waals surface area contributed by atoms with E-state index in [1.54, 1.807) is 9.47 Å². The summed E-state index contributed by atoms with van der Waals surface area (Å²) >= 11 is 0. The summed E-state index contributed by atoms with van der Waals surface area (Å²) in [5, 5.41) is 20.9. The molecule has 2 saturated heterocycles. The van der Waals surface area contributed by atoms with E-state index in [4.69, 9.17) is 24.0 Å². The van der Waals surface area contributed by atoms with Gasteiger partial charge in [-0.05, 0) is 31.0 Å². The summed E-state index contributed by atoms with van der Waals surface area (Å²) in [6, 6.07) is 4.06. The minimum absolute atomic E-state index is 0.0269. The Labute approximate surface area is 263 Å². The highest BCUT2D eigenvalue weighted by molar-refractivity contribution is 7.46. The second kappa shape index (κ2) is 11.2. The number of carboxylic acids is 1. The molecule has 7 rings (SSSR count). The first-order chi connectivity index (χ1) is 22.2. The standard InChI is InChI=1S/C29H28F2N3O12P/c30-20-5-15(33-8-17(46-28(33)38)11-45-47(40,41)42)3-4-22(20)44-13-29(39)7-16-10-43-26-23-18(6-21(31)24(26)34(16)12-29)25(35)19(27(36)37)9-32(23)14-1-2-14/h3-6,9,14,16-17,39H,1-2,7-8,10-13H2,(H,36,37)(H2,40,41,42)/t16-,17+,29-/m0/s1. The van der Waals surface area contributed by atoms with E-state index in [1.165, 1.54) is 18.3 Å². The molecule has 0 unspecified atom stereocenters. The Balaban J connectivity index is 1.09. The zero-order valence-electron chi connectivity index (χ0n) is 24.4. The third-order valence-electron chi connectivity index (χ3n) is 8.62. The molecule has 2 aromatic carbocycles. The first kappa shape index (κ1) is 31.3. The number of halogens is 2. The lowest BCUT2D eigenvalue weighted by Gasteiger charge is -2.34. The molecule has 4 N–H and O–H groups in total. The number of aromatic nitrogens is 1. The number of amides is 1. The van der Waals surface area contributed by atoms with Crippen LogP contribution in [-0.4, -0.2) is 87.3 Å². The fourth-order valence-electron chi connectivity index (χ4n) is 6.38. The van der Waals surface area contributed by atoms with Crippen LogP contribution in [0.4, 0.5) is 25.0 Å². The first-order valence-electron chi connectivity index (χ1n) is 14.6. The Kier molecular flexibility index (Phi) is 7.44. The molecule has 3 aliphatic heterocycles. The molecule has 47 heavy (non-hydrogen) atoms. The van der Waals surface area contributed by atoms with Gasteiger partial charge in [0.2, 0.25) is 5.43 Å². The Hall–Kier alpha value is -4.28. The van der Waals surface area contributed by atoms with Crippen LogP contribution < -0.4 is 24.7 Å². The number of pyridine rings is 1. The lowest BCUT2D eigenvalue weighted by atomic mass is 10.0. The van der Waals surface area contributed by atoms with Crippen LogP contribution in [0, 0.1) is 11.6 Å². The summed E-state index contributed by atoms with van der Waals surface area (Å²) < 4.78 is 64.4. The van der Waals surface area contributed by atoms with Crippen LogP contribution in [0.3, 0.4) is 0 Å². The predicted octanol–water partition coefficient (Wildman–Crippen LogP) is 2.53. The van der Waals surface area contributed by atoms with Crippen molar-refractivity contribution in [1.82, 2.24) is 4.57 Å². The second-order valence-corrected chi connectivity index (χ2v) is 13.3. The van der Waals surface area contributed by atoms with Gasteiger partial charge in [-0.25, -0.2) is 22.9 Å². The molecule has 0 radical (unpaired) electrons. The van der Waals surface area contributed by atoms with Crippen LogP contribution in [0.5, 0.6) is 11.5 Å². The molecule has 0 bridgehead atoms. The number of rotatable bonds is 9. The summed E-state index contributed by atoms with van der Waals surface area (Å²) in [6.07, 6.45) is 0.979. The number of carbonyl (C=O) groups is 2. The molecule has 4 aliphatic rings. The zero-order valence-corrected chi connectivity index (χ0v) is 25.3. The normalized spacial score (nSPS) is 23.8. The van der Waals surface area contributed by atoms with Crippen LogP contribution in [-0.2, 0) is 13.8 Å². The lowest BCUT2D eigenvalue weighted by Crippen LogP contribution is -2.41. The Morgan fingerprint density at radius 2 is 1.89 bits per heavy atom. The number of nitrogens with zero attached hydrogens (tertiary/aromatic N) is 3. The number of hydrogen-bond acceptors (Lipinski definition) is 10. The maximum absolute atomic E-state index is 15.7. The minimum atomic E-state index is -4.78. The van der Waals surface area contributed by atoms with Gasteiger partial charge in [0.25, 0.3) is 0 Å². The highest BCUT2D eigenvalue weighted by Crippen LogP contribution is 2.48. The Bertz CT molecular complexity index is 1930. The van der Waals surface area contributed by atoms with E-state index < -0.39 is 66.9 Å². The molecule has 18 heteroatoms. The zero-order chi connectivity index (χ0) is 33.4. The molecular formula is C29H28F2N3O12P. The molecule has 1 amide bonds. The fraction of sp³-hybridized carbons (Fsp3) is 0.414. The third kappa shape index (κ3) is 5.78. The van der Waals surface area contributed by atoms with Gasteiger partial charge >= 0.3 is 19.9 Å². The average Bonchev–Trinajstić information content (AvgIpc) is 3.69. The van der Waals surface area contributed by atoms with E-state index in [-0.39, 0.29) is 72.5 Å². The maximum Gasteiger partial charge on any atom is 0.469 e. The minimum Gasteiger partial charge on any atom is -0.487 e. The fourth-order valence-corrected chi connectivity index (χ4v) is 6.74. The van der Waals surface area contributed by atoms with E-state index in [0.717, 1.165) is 29.9 Å². The topological polar surface area (TPSA) is 198 Å². The lowest BCUT2D eigenvalue weighted by molar-refractivity contribution is 0.00980. The number of carbonyl (C=O) groups excluding carboxylic acids is 1. The number of ether oxygens (including phenoxy) is 3. The summed E-state index contributed by atoms with van der Waals surface area (Å²) in [7, 11) is -4.78. The number of benzene rings is 2. The molecule has 3 fully saturated rings. The van der Waals surface area contributed by atoms with E-state index in [1.807, 2.05) is 0 Å². The van der Waals surface area contributed by atoms with Crippen molar-refractivity contribution in [3.8, 4) is 11.5 Å². The first-order valence-corrected chi connectivity index (χ1v) is 16.1. The summed E-state index contributed by atoms with van der Waals surface area (Å²) in [4.78, 5) is 57.4. The van der Waals surface area contributed by atoms with Crippen molar-refractivity contribution < 1.29 is 61.7 Å². The summed E-state index contributed by atoms with van der Waals surface area (Å²) in [6.45, 7) is -1.18. The van der Waals surface area contributed by atoms with Gasteiger partial charge in [-0.3, -0.25) is 14.2 Å². The van der Waals surface area contributed by atoms with Gasteiger partial charge in [-0.15, -0.1) is 0 Å². The Morgan fingerprint density at radius 3 is 2.57 bits per heavy atom. The Morgan fingerprint density at radius 1 is 1.13 bits per heavy atom. The molecule has 3 aromatic rings. The monoisotopic (exact) mass is 679 g/mol. The predicted molar refractivity (Wildman–Crippen MR) is 157 cm³/mol. The van der Waals surface area contributed by atoms with Crippen molar-refractivity contribution in [3.05, 3.63) is 57.9 Å². The number of aliphatic hydroxyl groups is 1. The van der Waals surface area contributed by atoms with E-state index in [2.05, 4.69) is 4.52 Å². The van der Waals surface area contributed by atoms with Crippen LogP contribution >= 0.6 is 7.82 Å².